The molecule has 1 saturated heterocycles. The molecule has 2 aromatic rings. The van der Waals surface area contributed by atoms with Gasteiger partial charge in [0.2, 0.25) is 0 Å². The van der Waals surface area contributed by atoms with E-state index in [9.17, 15) is 18.7 Å². The van der Waals surface area contributed by atoms with Gasteiger partial charge in [0, 0.05) is 29.8 Å². The van der Waals surface area contributed by atoms with Crippen LogP contribution in [-0.4, -0.2) is 52.3 Å². The molecule has 4 rings (SSSR count). The number of nitrogens with one attached hydrogen (secondary N) is 2. The lowest BCUT2D eigenvalue weighted by Crippen LogP contribution is -2.40. The minimum Gasteiger partial charge on any atom is -0.493 e. The number of aromatic nitrogens is 2. The van der Waals surface area contributed by atoms with Crippen LogP contribution in [0.1, 0.15) is 37.9 Å². The summed E-state index contributed by atoms with van der Waals surface area (Å²) in [4.78, 5) is 19.5. The number of nitrogens with zero attached hydrogens (tertiary/aromatic N) is 1. The standard InChI is InChI=1S/C21H27F2N3O3S/c22-16-7-14(29-10-12-5-6-24-9-17(12)23)8-18-20(16)21(28)26-19(25-18)11-30-15-3-1-13(27)2-4-15/h7-8,12-13,15,17,24,27H,1-6,9-11H2,(H,25,26,28). The van der Waals surface area contributed by atoms with E-state index in [4.69, 9.17) is 4.74 Å². The first-order chi connectivity index (χ1) is 14.5. The smallest absolute Gasteiger partial charge is 0.261 e. The molecular formula is C21H27F2N3O3S. The van der Waals surface area contributed by atoms with Crippen LogP contribution < -0.4 is 15.6 Å². The number of halogens is 2. The maximum atomic E-state index is 14.5. The van der Waals surface area contributed by atoms with E-state index < -0.39 is 17.5 Å². The number of aliphatic hydroxyl groups excluding tert-OH is 1. The summed E-state index contributed by atoms with van der Waals surface area (Å²) >= 11 is 1.69. The van der Waals surface area contributed by atoms with Crippen molar-refractivity contribution in [2.24, 2.45) is 5.92 Å². The van der Waals surface area contributed by atoms with E-state index in [1.165, 1.54) is 0 Å². The fraction of sp³-hybridized carbons (Fsp3) is 0.619. The molecule has 0 radical (unpaired) electrons. The summed E-state index contributed by atoms with van der Waals surface area (Å²) in [6.45, 7) is 1.20. The fourth-order valence-electron chi connectivity index (χ4n) is 4.07. The molecule has 0 amide bonds. The van der Waals surface area contributed by atoms with Crippen LogP contribution in [0.2, 0.25) is 0 Å². The molecule has 1 aliphatic heterocycles. The zero-order valence-electron chi connectivity index (χ0n) is 16.7. The Kier molecular flexibility index (Phi) is 6.90. The van der Waals surface area contributed by atoms with Crippen LogP contribution in [0, 0.1) is 11.7 Å². The quantitative estimate of drug-likeness (QED) is 0.642. The van der Waals surface area contributed by atoms with E-state index >= 15 is 0 Å². The molecule has 2 unspecified atom stereocenters. The predicted octanol–water partition coefficient (Wildman–Crippen LogP) is 2.93. The lowest BCUT2D eigenvalue weighted by molar-refractivity contribution is 0.122. The number of rotatable bonds is 6. The molecule has 0 spiro atoms. The topological polar surface area (TPSA) is 87.2 Å². The third-order valence-corrected chi connectivity index (χ3v) is 7.27. The van der Waals surface area contributed by atoms with Crippen molar-refractivity contribution >= 4 is 22.7 Å². The molecule has 1 aromatic carbocycles. The number of alkyl halides is 1. The van der Waals surface area contributed by atoms with E-state index in [-0.39, 0.29) is 35.3 Å². The number of thioether (sulfide) groups is 1. The maximum absolute atomic E-state index is 14.5. The summed E-state index contributed by atoms with van der Waals surface area (Å²) in [6, 6.07) is 2.71. The van der Waals surface area contributed by atoms with Crippen LogP contribution in [0.5, 0.6) is 5.75 Å². The minimum atomic E-state index is -0.991. The Balaban J connectivity index is 1.47. The summed E-state index contributed by atoms with van der Waals surface area (Å²) in [7, 11) is 0. The van der Waals surface area contributed by atoms with Gasteiger partial charge in [0.15, 0.2) is 0 Å². The van der Waals surface area contributed by atoms with Gasteiger partial charge in [-0.25, -0.2) is 13.8 Å². The van der Waals surface area contributed by atoms with Gasteiger partial charge in [-0.3, -0.25) is 4.79 Å². The highest BCUT2D eigenvalue weighted by atomic mass is 32.2. The molecule has 30 heavy (non-hydrogen) atoms. The molecule has 164 valence electrons. The summed E-state index contributed by atoms with van der Waals surface area (Å²) in [5.74, 6) is 0.319. The lowest BCUT2D eigenvalue weighted by atomic mass is 9.97. The van der Waals surface area contributed by atoms with Crippen molar-refractivity contribution in [3.63, 3.8) is 0 Å². The first-order valence-electron chi connectivity index (χ1n) is 10.5. The highest BCUT2D eigenvalue weighted by Gasteiger charge is 2.25. The number of aromatic amines is 1. The van der Waals surface area contributed by atoms with Crippen LogP contribution in [-0.2, 0) is 5.75 Å². The second kappa shape index (κ2) is 9.62. The van der Waals surface area contributed by atoms with E-state index in [0.29, 0.717) is 29.8 Å². The molecule has 2 atom stereocenters. The highest BCUT2D eigenvalue weighted by Crippen LogP contribution is 2.30. The van der Waals surface area contributed by atoms with Crippen LogP contribution in [0.25, 0.3) is 10.9 Å². The Bertz CT molecular complexity index is 934. The highest BCUT2D eigenvalue weighted by molar-refractivity contribution is 7.99. The molecule has 3 N–H and O–H groups in total. The second-order valence-corrected chi connectivity index (χ2v) is 9.42. The molecule has 2 heterocycles. The zero-order chi connectivity index (χ0) is 21.1. The van der Waals surface area contributed by atoms with Crippen molar-refractivity contribution < 1.29 is 18.6 Å². The maximum Gasteiger partial charge on any atom is 0.261 e. The first-order valence-corrected chi connectivity index (χ1v) is 11.5. The number of fused-ring (bicyclic) bond motifs is 1. The van der Waals surface area contributed by atoms with Gasteiger partial charge < -0.3 is 20.1 Å². The molecule has 1 aromatic heterocycles. The van der Waals surface area contributed by atoms with E-state index in [2.05, 4.69) is 15.3 Å². The van der Waals surface area contributed by atoms with E-state index in [1.807, 2.05) is 0 Å². The minimum absolute atomic E-state index is 0.0953. The van der Waals surface area contributed by atoms with Crippen LogP contribution >= 0.6 is 11.8 Å². The van der Waals surface area contributed by atoms with E-state index in [0.717, 1.165) is 38.3 Å². The Labute approximate surface area is 177 Å². The number of ether oxygens (including phenoxy) is 1. The molecule has 2 aliphatic rings. The SMILES string of the molecule is O=c1[nH]c(CSC2CCC(O)CC2)nc2cc(OCC3CCNCC3F)cc(F)c12. The van der Waals surface area contributed by atoms with Crippen molar-refractivity contribution in [2.75, 3.05) is 19.7 Å². The average molecular weight is 440 g/mol. The lowest BCUT2D eigenvalue weighted by Gasteiger charge is -2.26. The number of piperidine rings is 1. The number of aliphatic hydroxyl groups is 1. The van der Waals surface area contributed by atoms with Gasteiger partial charge in [0.25, 0.3) is 5.56 Å². The predicted molar refractivity (Wildman–Crippen MR) is 113 cm³/mol. The third kappa shape index (κ3) is 5.12. The number of hydrogen-bond acceptors (Lipinski definition) is 6. The fourth-order valence-corrected chi connectivity index (χ4v) is 5.21. The molecule has 0 bridgehead atoms. The van der Waals surface area contributed by atoms with Crippen molar-refractivity contribution in [3.8, 4) is 5.75 Å². The van der Waals surface area contributed by atoms with Crippen LogP contribution in [0.4, 0.5) is 8.78 Å². The number of H-pyrrole nitrogens is 1. The monoisotopic (exact) mass is 439 g/mol. The number of hydrogen-bond donors (Lipinski definition) is 3. The van der Waals surface area contributed by atoms with Gasteiger partial charge in [-0.15, -0.1) is 0 Å². The Hall–Kier alpha value is -1.71. The molecule has 1 aliphatic carbocycles. The summed E-state index contributed by atoms with van der Waals surface area (Å²) in [6.07, 6.45) is 2.91. The summed E-state index contributed by atoms with van der Waals surface area (Å²) in [5.41, 5.74) is -0.272. The van der Waals surface area contributed by atoms with Crippen molar-refractivity contribution in [1.82, 2.24) is 15.3 Å². The van der Waals surface area contributed by atoms with Gasteiger partial charge in [0.1, 0.15) is 28.9 Å². The van der Waals surface area contributed by atoms with E-state index in [1.54, 1.807) is 17.8 Å². The molecular weight excluding hydrogens is 412 g/mol. The zero-order valence-corrected chi connectivity index (χ0v) is 17.5. The molecule has 6 nitrogen and oxygen atoms in total. The first kappa shape index (κ1) is 21.5. The van der Waals surface area contributed by atoms with Crippen molar-refractivity contribution in [3.05, 3.63) is 34.1 Å². The number of benzene rings is 1. The van der Waals surface area contributed by atoms with Gasteiger partial charge >= 0.3 is 0 Å². The normalized spacial score (nSPS) is 27.3. The molecule has 2 fully saturated rings. The largest absolute Gasteiger partial charge is 0.493 e. The second-order valence-electron chi connectivity index (χ2n) is 8.13. The average Bonchev–Trinajstić information content (AvgIpc) is 2.72. The Morgan fingerprint density at radius 2 is 2.03 bits per heavy atom. The Morgan fingerprint density at radius 1 is 1.23 bits per heavy atom. The van der Waals surface area contributed by atoms with Crippen molar-refractivity contribution in [2.45, 2.75) is 55.4 Å². The van der Waals surface area contributed by atoms with Gasteiger partial charge in [-0.2, -0.15) is 11.8 Å². The van der Waals surface area contributed by atoms with Gasteiger partial charge in [-0.1, -0.05) is 0 Å². The van der Waals surface area contributed by atoms with Crippen LogP contribution in [0.15, 0.2) is 16.9 Å². The van der Waals surface area contributed by atoms with Crippen LogP contribution in [0.3, 0.4) is 0 Å². The summed E-state index contributed by atoms with van der Waals surface area (Å²) in [5, 5.41) is 12.9. The van der Waals surface area contributed by atoms with Gasteiger partial charge in [-0.05, 0) is 38.6 Å². The van der Waals surface area contributed by atoms with Gasteiger partial charge in [0.05, 0.1) is 24.0 Å². The summed E-state index contributed by atoms with van der Waals surface area (Å²) < 4.78 is 34.2. The van der Waals surface area contributed by atoms with Crippen molar-refractivity contribution in [1.29, 1.82) is 0 Å². The Morgan fingerprint density at radius 3 is 2.80 bits per heavy atom. The molecule has 1 saturated carbocycles. The third-order valence-electron chi connectivity index (χ3n) is 5.89. The molecule has 9 heteroatoms.